The number of aryl methyl sites for hydroxylation is 2. The van der Waals surface area contributed by atoms with E-state index in [9.17, 15) is 0 Å². The molecule has 0 atom stereocenters. The average Bonchev–Trinajstić information content (AvgIpc) is 3.13. The second-order valence-electron chi connectivity index (χ2n) is 7.09. The van der Waals surface area contributed by atoms with E-state index in [2.05, 4.69) is 57.6 Å². The fourth-order valence-corrected chi connectivity index (χ4v) is 4.38. The van der Waals surface area contributed by atoms with E-state index >= 15 is 0 Å². The summed E-state index contributed by atoms with van der Waals surface area (Å²) < 4.78 is 5.41. The topological polar surface area (TPSA) is 50.3 Å². The third-order valence-electron chi connectivity index (χ3n) is 5.24. The van der Waals surface area contributed by atoms with Gasteiger partial charge in [0, 0.05) is 30.6 Å². The highest BCUT2D eigenvalue weighted by atomic mass is 32.1. The molecule has 1 aliphatic rings. The first-order valence-corrected chi connectivity index (χ1v) is 10.4. The quantitative estimate of drug-likeness (QED) is 0.650. The molecule has 5 nitrogen and oxygen atoms in total. The van der Waals surface area contributed by atoms with Crippen LogP contribution in [0.2, 0.25) is 0 Å². The molecule has 142 valence electrons. The Hall–Kier alpha value is -2.02. The molecule has 0 saturated carbocycles. The number of benzene rings is 1. The molecule has 0 spiro atoms. The lowest BCUT2D eigenvalue weighted by Crippen LogP contribution is -2.37. The van der Waals surface area contributed by atoms with Gasteiger partial charge in [-0.1, -0.05) is 18.2 Å². The van der Waals surface area contributed by atoms with Gasteiger partial charge in [0.2, 0.25) is 0 Å². The summed E-state index contributed by atoms with van der Waals surface area (Å²) in [6.07, 6.45) is 2.75. The van der Waals surface area contributed by atoms with Crippen molar-refractivity contribution in [2.75, 3.05) is 44.7 Å². The zero-order valence-corrected chi connectivity index (χ0v) is 16.8. The van der Waals surface area contributed by atoms with Gasteiger partial charge in [-0.15, -0.1) is 11.3 Å². The minimum absolute atomic E-state index is 0.855. The molecule has 1 fully saturated rings. The van der Waals surface area contributed by atoms with Crippen LogP contribution in [0.1, 0.15) is 17.5 Å². The van der Waals surface area contributed by atoms with E-state index in [0.717, 1.165) is 61.8 Å². The Labute approximate surface area is 164 Å². The number of aromatic nitrogens is 2. The molecule has 0 bridgehead atoms. The van der Waals surface area contributed by atoms with E-state index in [0.29, 0.717) is 0 Å². The normalized spacial score (nSPS) is 15.3. The molecule has 27 heavy (non-hydrogen) atoms. The number of thiophene rings is 1. The van der Waals surface area contributed by atoms with Crippen molar-refractivity contribution in [2.45, 2.75) is 20.3 Å². The van der Waals surface area contributed by atoms with Crippen LogP contribution in [0.5, 0.6) is 0 Å². The smallest absolute Gasteiger partial charge is 0.138 e. The average molecular weight is 383 g/mol. The third-order valence-corrected chi connectivity index (χ3v) is 6.12. The number of hydrogen-bond donors (Lipinski definition) is 1. The molecule has 1 saturated heterocycles. The molecule has 1 aliphatic heterocycles. The van der Waals surface area contributed by atoms with E-state index in [4.69, 9.17) is 4.74 Å². The van der Waals surface area contributed by atoms with E-state index in [-0.39, 0.29) is 0 Å². The highest BCUT2D eigenvalue weighted by Gasteiger charge is 2.14. The predicted molar refractivity (Wildman–Crippen MR) is 113 cm³/mol. The number of fused-ring (bicyclic) bond motifs is 1. The molecule has 3 aromatic rings. The van der Waals surface area contributed by atoms with Crippen molar-refractivity contribution in [1.82, 2.24) is 14.9 Å². The summed E-state index contributed by atoms with van der Waals surface area (Å²) in [6, 6.07) is 6.64. The van der Waals surface area contributed by atoms with Crippen LogP contribution in [-0.2, 0) is 4.74 Å². The second-order valence-corrected chi connectivity index (χ2v) is 7.94. The maximum Gasteiger partial charge on any atom is 0.138 e. The third kappa shape index (κ3) is 4.13. The van der Waals surface area contributed by atoms with Crippen molar-refractivity contribution in [3.8, 4) is 11.1 Å². The zero-order chi connectivity index (χ0) is 18.6. The lowest BCUT2D eigenvalue weighted by molar-refractivity contribution is 0.0378. The monoisotopic (exact) mass is 382 g/mol. The van der Waals surface area contributed by atoms with Crippen LogP contribution in [-0.4, -0.2) is 54.3 Å². The number of rotatable bonds is 6. The van der Waals surface area contributed by atoms with Crippen LogP contribution < -0.4 is 5.32 Å². The van der Waals surface area contributed by atoms with Crippen molar-refractivity contribution < 1.29 is 4.74 Å². The molecule has 1 aromatic carbocycles. The molecule has 0 amide bonds. The summed E-state index contributed by atoms with van der Waals surface area (Å²) in [5.74, 6) is 0.941. The Morgan fingerprint density at radius 3 is 2.81 bits per heavy atom. The van der Waals surface area contributed by atoms with Gasteiger partial charge in [0.1, 0.15) is 17.0 Å². The van der Waals surface area contributed by atoms with Gasteiger partial charge < -0.3 is 10.1 Å². The van der Waals surface area contributed by atoms with Crippen molar-refractivity contribution >= 4 is 27.4 Å². The Balaban J connectivity index is 1.50. The second kappa shape index (κ2) is 8.33. The van der Waals surface area contributed by atoms with Crippen LogP contribution in [0.4, 0.5) is 5.82 Å². The first-order valence-electron chi connectivity index (χ1n) is 9.56. The van der Waals surface area contributed by atoms with Crippen molar-refractivity contribution in [1.29, 1.82) is 0 Å². The van der Waals surface area contributed by atoms with Crippen LogP contribution in [0, 0.1) is 13.8 Å². The molecule has 1 N–H and O–H groups in total. The number of hydrogen-bond acceptors (Lipinski definition) is 6. The highest BCUT2D eigenvalue weighted by Crippen LogP contribution is 2.37. The number of nitrogens with zero attached hydrogens (tertiary/aromatic N) is 3. The largest absolute Gasteiger partial charge is 0.379 e. The minimum Gasteiger partial charge on any atom is -0.379 e. The highest BCUT2D eigenvalue weighted by molar-refractivity contribution is 7.17. The summed E-state index contributed by atoms with van der Waals surface area (Å²) >= 11 is 1.68. The maximum absolute atomic E-state index is 5.41. The molecule has 3 heterocycles. The van der Waals surface area contributed by atoms with Crippen molar-refractivity contribution in [2.24, 2.45) is 0 Å². The molecular formula is C21H26N4OS. The van der Waals surface area contributed by atoms with Gasteiger partial charge >= 0.3 is 0 Å². The van der Waals surface area contributed by atoms with Crippen LogP contribution in [0.3, 0.4) is 0 Å². The Kier molecular flexibility index (Phi) is 5.66. The minimum atomic E-state index is 0.855. The van der Waals surface area contributed by atoms with Gasteiger partial charge in [0.05, 0.1) is 18.6 Å². The number of anilines is 1. The molecule has 2 aromatic heterocycles. The summed E-state index contributed by atoms with van der Waals surface area (Å²) in [7, 11) is 0. The lowest BCUT2D eigenvalue weighted by Gasteiger charge is -2.26. The van der Waals surface area contributed by atoms with Gasteiger partial charge in [-0.2, -0.15) is 0 Å². The zero-order valence-electron chi connectivity index (χ0n) is 16.0. The fraction of sp³-hybridized carbons (Fsp3) is 0.429. The SMILES string of the molecule is Cc1ccc(-c2csc3ncnc(NCCCN4CCOCC4)c23)cc1C. The van der Waals surface area contributed by atoms with Gasteiger partial charge in [-0.25, -0.2) is 9.97 Å². The summed E-state index contributed by atoms with van der Waals surface area (Å²) in [5.41, 5.74) is 5.07. The van der Waals surface area contributed by atoms with Crippen molar-refractivity contribution in [3.63, 3.8) is 0 Å². The molecular weight excluding hydrogens is 356 g/mol. The Morgan fingerprint density at radius 2 is 2.00 bits per heavy atom. The number of morpholine rings is 1. The van der Waals surface area contributed by atoms with Gasteiger partial charge in [0.15, 0.2) is 0 Å². The van der Waals surface area contributed by atoms with E-state index in [1.54, 1.807) is 17.7 Å². The van der Waals surface area contributed by atoms with Gasteiger partial charge in [-0.3, -0.25) is 4.90 Å². The standard InChI is InChI=1S/C21H26N4OS/c1-15-4-5-17(12-16(15)2)18-13-27-21-19(18)20(23-14-24-21)22-6-3-7-25-8-10-26-11-9-25/h4-5,12-14H,3,6-11H2,1-2H3,(H,22,23,24). The Bertz CT molecular complexity index is 918. The predicted octanol–water partition coefficient (Wildman–Crippen LogP) is 4.11. The molecule has 6 heteroatoms. The summed E-state index contributed by atoms with van der Waals surface area (Å²) in [4.78, 5) is 12.5. The molecule has 0 unspecified atom stereocenters. The number of ether oxygens (including phenoxy) is 1. The first kappa shape index (κ1) is 18.3. The maximum atomic E-state index is 5.41. The van der Waals surface area contributed by atoms with Gasteiger partial charge in [-0.05, 0) is 43.5 Å². The number of nitrogens with one attached hydrogen (secondary N) is 1. The van der Waals surface area contributed by atoms with E-state index < -0.39 is 0 Å². The lowest BCUT2D eigenvalue weighted by atomic mass is 10.0. The van der Waals surface area contributed by atoms with Crippen molar-refractivity contribution in [3.05, 3.63) is 41.0 Å². The summed E-state index contributed by atoms with van der Waals surface area (Å²) in [5, 5.41) is 6.88. The Morgan fingerprint density at radius 1 is 1.15 bits per heavy atom. The van der Waals surface area contributed by atoms with E-state index in [1.807, 2.05) is 0 Å². The molecule has 4 rings (SSSR count). The fourth-order valence-electron chi connectivity index (χ4n) is 3.46. The van der Waals surface area contributed by atoms with Crippen LogP contribution >= 0.6 is 11.3 Å². The molecule has 0 radical (unpaired) electrons. The first-order chi connectivity index (χ1) is 13.2. The summed E-state index contributed by atoms with van der Waals surface area (Å²) in [6.45, 7) is 10.1. The van der Waals surface area contributed by atoms with E-state index in [1.165, 1.54) is 22.3 Å². The van der Waals surface area contributed by atoms with Gasteiger partial charge in [0.25, 0.3) is 0 Å². The van der Waals surface area contributed by atoms with Crippen LogP contribution in [0.15, 0.2) is 29.9 Å². The van der Waals surface area contributed by atoms with Crippen LogP contribution in [0.25, 0.3) is 21.3 Å². The molecule has 0 aliphatic carbocycles.